The van der Waals surface area contributed by atoms with Crippen LogP contribution in [0.4, 0.5) is 13.2 Å². The summed E-state index contributed by atoms with van der Waals surface area (Å²) in [4.78, 5) is 12.3. The van der Waals surface area contributed by atoms with E-state index in [-0.39, 0.29) is 24.2 Å². The number of halogens is 3. The number of hydrogen-bond donors (Lipinski definition) is 0. The van der Waals surface area contributed by atoms with Gasteiger partial charge in [0.1, 0.15) is 17.3 Å². The minimum atomic E-state index is -4.19. The molecule has 2 fully saturated rings. The largest absolute Gasteiger partial charge is 0.391 e. The fourth-order valence-electron chi connectivity index (χ4n) is 4.03. The second-order valence-electron chi connectivity index (χ2n) is 7.35. The second kappa shape index (κ2) is 5.54. The van der Waals surface area contributed by atoms with E-state index in [4.69, 9.17) is 14.2 Å². The predicted octanol–water partition coefficient (Wildman–Crippen LogP) is 3.05. The lowest BCUT2D eigenvalue weighted by molar-refractivity contribution is -0.171. The van der Waals surface area contributed by atoms with Crippen molar-refractivity contribution in [1.82, 2.24) is 0 Å². The van der Waals surface area contributed by atoms with Gasteiger partial charge in [-0.25, -0.2) is 0 Å². The number of carbonyl (C=O) groups is 1. The number of carbonyl (C=O) groups excluding carboxylic acids is 1. The lowest BCUT2D eigenvalue weighted by Crippen LogP contribution is -2.52. The topological polar surface area (TPSA) is 51.4 Å². The van der Waals surface area contributed by atoms with Gasteiger partial charge in [0.25, 0.3) is 0 Å². The maximum absolute atomic E-state index is 12.7. The SMILES string of the molecule is COC1C(=O)C=C(C)C2(CO2)C1C1(C)OC1CCC(C)C(F)(F)F. The molecule has 0 aromatic heterocycles. The van der Waals surface area contributed by atoms with Gasteiger partial charge in [-0.15, -0.1) is 0 Å². The van der Waals surface area contributed by atoms with Crippen LogP contribution in [0.1, 0.15) is 33.6 Å². The molecule has 1 aliphatic carbocycles. The maximum atomic E-state index is 12.7. The van der Waals surface area contributed by atoms with E-state index < -0.39 is 29.4 Å². The molecule has 0 bridgehead atoms. The van der Waals surface area contributed by atoms with E-state index in [0.29, 0.717) is 13.0 Å². The quantitative estimate of drug-likeness (QED) is 0.717. The Morgan fingerprint density at radius 3 is 2.58 bits per heavy atom. The van der Waals surface area contributed by atoms with Crippen LogP contribution < -0.4 is 0 Å². The van der Waals surface area contributed by atoms with E-state index in [2.05, 4.69) is 0 Å². The fraction of sp³-hybridized carbons (Fsp3) is 0.824. The minimum absolute atomic E-state index is 0.00471. The summed E-state index contributed by atoms with van der Waals surface area (Å²) in [5.41, 5.74) is -0.438. The van der Waals surface area contributed by atoms with E-state index >= 15 is 0 Å². The Hall–Kier alpha value is -0.920. The van der Waals surface area contributed by atoms with Crippen LogP contribution in [0, 0.1) is 11.8 Å². The average molecular weight is 348 g/mol. The molecule has 2 saturated heterocycles. The summed E-state index contributed by atoms with van der Waals surface area (Å²) in [6.07, 6.45) is -3.34. The fourth-order valence-corrected chi connectivity index (χ4v) is 4.03. The highest BCUT2D eigenvalue weighted by molar-refractivity contribution is 5.96. The molecule has 0 radical (unpaired) electrons. The number of ether oxygens (including phenoxy) is 3. The van der Waals surface area contributed by atoms with Gasteiger partial charge in [0.2, 0.25) is 0 Å². The van der Waals surface area contributed by atoms with E-state index in [1.807, 2.05) is 13.8 Å². The first kappa shape index (κ1) is 17.9. The van der Waals surface area contributed by atoms with Gasteiger partial charge < -0.3 is 14.2 Å². The summed E-state index contributed by atoms with van der Waals surface area (Å²) in [5, 5.41) is 0. The van der Waals surface area contributed by atoms with Crippen molar-refractivity contribution >= 4 is 5.78 Å². The normalized spacial score (nSPS) is 42.9. The Labute approximate surface area is 139 Å². The maximum Gasteiger partial charge on any atom is 0.391 e. The van der Waals surface area contributed by atoms with Crippen molar-refractivity contribution in [3.8, 4) is 0 Å². The summed E-state index contributed by atoms with van der Waals surface area (Å²) in [6, 6.07) is 0. The molecule has 0 aromatic rings. The Morgan fingerprint density at radius 2 is 2.08 bits per heavy atom. The van der Waals surface area contributed by atoms with Crippen LogP contribution >= 0.6 is 0 Å². The average Bonchev–Trinajstić information content (AvgIpc) is 3.37. The third kappa shape index (κ3) is 2.70. The van der Waals surface area contributed by atoms with Gasteiger partial charge in [0, 0.05) is 7.11 Å². The zero-order chi connectivity index (χ0) is 17.9. The lowest BCUT2D eigenvalue weighted by Gasteiger charge is -2.37. The molecule has 2 heterocycles. The van der Waals surface area contributed by atoms with Crippen LogP contribution in [-0.2, 0) is 19.0 Å². The number of hydrogen-bond acceptors (Lipinski definition) is 4. The van der Waals surface area contributed by atoms with Crippen molar-refractivity contribution in [2.75, 3.05) is 13.7 Å². The van der Waals surface area contributed by atoms with Crippen molar-refractivity contribution in [2.45, 2.75) is 63.2 Å². The van der Waals surface area contributed by atoms with Gasteiger partial charge in [0.05, 0.1) is 24.5 Å². The molecule has 4 nitrogen and oxygen atoms in total. The summed E-state index contributed by atoms with van der Waals surface area (Å²) in [6.45, 7) is 5.36. The molecular formula is C17H23F3O4. The summed E-state index contributed by atoms with van der Waals surface area (Å²) in [7, 11) is 1.46. The summed E-state index contributed by atoms with van der Waals surface area (Å²) >= 11 is 0. The Morgan fingerprint density at radius 1 is 1.46 bits per heavy atom. The number of methoxy groups -OCH3 is 1. The van der Waals surface area contributed by atoms with Gasteiger partial charge in [-0.1, -0.05) is 6.92 Å². The smallest absolute Gasteiger partial charge is 0.373 e. The van der Waals surface area contributed by atoms with Gasteiger partial charge in [0.15, 0.2) is 5.78 Å². The van der Waals surface area contributed by atoms with Crippen LogP contribution in [-0.4, -0.2) is 49.1 Å². The molecule has 6 unspecified atom stereocenters. The van der Waals surface area contributed by atoms with Crippen molar-refractivity contribution in [3.63, 3.8) is 0 Å². The third-order valence-corrected chi connectivity index (χ3v) is 5.84. The molecule has 3 rings (SSSR count). The molecule has 2 aliphatic heterocycles. The standard InChI is InChI=1S/C17H23F3O4/c1-9(17(18,19)20)5-6-12-15(3,24-12)14-13(22-4)11(21)7-10(2)16(14)8-23-16/h7,9,12-14H,5-6,8H2,1-4H3. The van der Waals surface area contributed by atoms with Gasteiger partial charge >= 0.3 is 6.18 Å². The summed E-state index contributed by atoms with van der Waals surface area (Å²) < 4.78 is 54.9. The zero-order valence-electron chi connectivity index (χ0n) is 14.3. The Balaban J connectivity index is 1.74. The van der Waals surface area contributed by atoms with Gasteiger partial charge in [-0.05, 0) is 38.3 Å². The molecule has 1 spiro atoms. The second-order valence-corrected chi connectivity index (χ2v) is 7.35. The van der Waals surface area contributed by atoms with Crippen LogP contribution in [0.25, 0.3) is 0 Å². The van der Waals surface area contributed by atoms with E-state index in [1.165, 1.54) is 14.0 Å². The van der Waals surface area contributed by atoms with Crippen molar-refractivity contribution in [1.29, 1.82) is 0 Å². The number of epoxide rings is 2. The molecular weight excluding hydrogens is 325 g/mol. The molecule has 6 atom stereocenters. The zero-order valence-corrected chi connectivity index (χ0v) is 14.3. The van der Waals surface area contributed by atoms with Crippen LogP contribution in [0.15, 0.2) is 11.6 Å². The minimum Gasteiger partial charge on any atom is -0.373 e. The van der Waals surface area contributed by atoms with Crippen LogP contribution in [0.3, 0.4) is 0 Å². The van der Waals surface area contributed by atoms with Crippen molar-refractivity contribution in [2.24, 2.45) is 11.8 Å². The molecule has 0 N–H and O–H groups in total. The first-order valence-electron chi connectivity index (χ1n) is 8.20. The molecule has 7 heteroatoms. The van der Waals surface area contributed by atoms with Gasteiger partial charge in [-0.3, -0.25) is 4.79 Å². The molecule has 136 valence electrons. The molecule has 3 aliphatic rings. The molecule has 0 saturated carbocycles. The third-order valence-electron chi connectivity index (χ3n) is 5.84. The first-order chi connectivity index (χ1) is 11.1. The van der Waals surface area contributed by atoms with Crippen LogP contribution in [0.5, 0.6) is 0 Å². The first-order valence-corrected chi connectivity index (χ1v) is 8.20. The van der Waals surface area contributed by atoms with E-state index in [9.17, 15) is 18.0 Å². The predicted molar refractivity (Wildman–Crippen MR) is 79.5 cm³/mol. The number of ketones is 1. The highest BCUT2D eigenvalue weighted by atomic mass is 19.4. The molecule has 0 aromatic carbocycles. The Bertz CT molecular complexity index is 567. The molecule has 24 heavy (non-hydrogen) atoms. The monoisotopic (exact) mass is 348 g/mol. The lowest BCUT2D eigenvalue weighted by atomic mass is 9.68. The number of alkyl halides is 3. The highest BCUT2D eigenvalue weighted by Gasteiger charge is 2.72. The van der Waals surface area contributed by atoms with E-state index in [1.54, 1.807) is 6.08 Å². The Kier molecular flexibility index (Phi) is 4.13. The number of rotatable bonds is 5. The van der Waals surface area contributed by atoms with Crippen molar-refractivity contribution < 1.29 is 32.2 Å². The van der Waals surface area contributed by atoms with Gasteiger partial charge in [-0.2, -0.15) is 13.2 Å². The molecule has 0 amide bonds. The van der Waals surface area contributed by atoms with Crippen LogP contribution in [0.2, 0.25) is 0 Å². The highest BCUT2D eigenvalue weighted by Crippen LogP contribution is 2.59. The van der Waals surface area contributed by atoms with Crippen molar-refractivity contribution in [3.05, 3.63) is 11.6 Å². The van der Waals surface area contributed by atoms with E-state index in [0.717, 1.165) is 5.57 Å². The summed E-state index contributed by atoms with van der Waals surface area (Å²) in [5.74, 6) is -1.84.